The van der Waals surface area contributed by atoms with Crippen LogP contribution in [0.4, 0.5) is 0 Å². The molecule has 0 heterocycles. The summed E-state index contributed by atoms with van der Waals surface area (Å²) in [6.45, 7) is 5.12. The van der Waals surface area contributed by atoms with Gasteiger partial charge in [0.05, 0.1) is 0 Å². The van der Waals surface area contributed by atoms with E-state index in [9.17, 15) is 4.79 Å². The number of halogens is 2. The predicted molar refractivity (Wildman–Crippen MR) is 43.5 cm³/mol. The number of ketones is 1. The highest BCUT2D eigenvalue weighted by atomic mass is 35.7. The Kier molecular flexibility index (Phi) is 4.19. The largest absolute Gasteiger partial charge is 0.295 e. The van der Waals surface area contributed by atoms with E-state index in [4.69, 9.17) is 22.2 Å². The van der Waals surface area contributed by atoms with Crippen molar-refractivity contribution in [1.82, 2.24) is 0 Å². The van der Waals surface area contributed by atoms with Crippen LogP contribution in [0.3, 0.4) is 0 Å². The van der Waals surface area contributed by atoms with E-state index in [1.54, 1.807) is 6.92 Å². The van der Waals surface area contributed by atoms with Crippen molar-refractivity contribution in [1.29, 1.82) is 0 Å². The molecule has 0 aliphatic heterocycles. The lowest BCUT2D eigenvalue weighted by molar-refractivity contribution is -0.113. The molecule has 0 aliphatic rings. The molecule has 0 fully saturated rings. The van der Waals surface area contributed by atoms with Gasteiger partial charge in [-0.05, 0) is 12.5 Å². The van der Waals surface area contributed by atoms with Crippen LogP contribution in [0.1, 0.15) is 6.92 Å². The number of Topliss-reactive ketones (excluding diaryl/α,β-unsaturated/α-hetero) is 1. The monoisotopic (exact) mass is 182 g/mol. The minimum absolute atomic E-state index is 0.0170. The van der Waals surface area contributed by atoms with Crippen LogP contribution in [0.2, 0.25) is 6.04 Å². The number of carbonyl (C=O) groups is 1. The minimum atomic E-state index is -1.75. The third kappa shape index (κ3) is 4.69. The summed E-state index contributed by atoms with van der Waals surface area (Å²) in [5.74, 6) is -0.0170. The van der Waals surface area contributed by atoms with Gasteiger partial charge in [-0.3, -0.25) is 4.79 Å². The SMILES string of the molecule is C=C(C)C(=O)C[SiH](Cl)Cl. The zero-order chi connectivity index (χ0) is 7.44. The maximum absolute atomic E-state index is 10.7. The van der Waals surface area contributed by atoms with E-state index in [1.807, 2.05) is 0 Å². The normalized spacial score (nSPS) is 9.78. The van der Waals surface area contributed by atoms with Crippen LogP contribution in [0.5, 0.6) is 0 Å². The first-order valence-electron chi connectivity index (χ1n) is 2.51. The average molecular weight is 183 g/mol. The molecule has 0 bridgehead atoms. The molecule has 9 heavy (non-hydrogen) atoms. The Morgan fingerprint density at radius 3 is 2.22 bits per heavy atom. The summed E-state index contributed by atoms with van der Waals surface area (Å²) in [5.41, 5.74) is 0.536. The molecule has 0 unspecified atom stereocenters. The van der Waals surface area contributed by atoms with E-state index in [2.05, 4.69) is 6.58 Å². The summed E-state index contributed by atoms with van der Waals surface area (Å²) >= 11 is 10.9. The first-order valence-corrected chi connectivity index (χ1v) is 6.81. The van der Waals surface area contributed by atoms with Crippen molar-refractivity contribution < 1.29 is 4.79 Å². The van der Waals surface area contributed by atoms with E-state index in [-0.39, 0.29) is 5.78 Å². The van der Waals surface area contributed by atoms with Crippen molar-refractivity contribution in [2.45, 2.75) is 13.0 Å². The van der Waals surface area contributed by atoms with Crippen molar-refractivity contribution in [2.24, 2.45) is 0 Å². The van der Waals surface area contributed by atoms with E-state index in [1.165, 1.54) is 0 Å². The van der Waals surface area contributed by atoms with Gasteiger partial charge >= 0.3 is 0 Å². The number of hydrogen-bond donors (Lipinski definition) is 0. The van der Waals surface area contributed by atoms with E-state index < -0.39 is 7.42 Å². The molecule has 0 amide bonds. The molecule has 0 N–H and O–H groups in total. The summed E-state index contributed by atoms with van der Waals surface area (Å²) in [5, 5.41) is 0. The molecule has 0 atom stereocenters. The fraction of sp³-hybridized carbons (Fsp3) is 0.400. The molecule has 0 saturated heterocycles. The fourth-order valence-electron chi connectivity index (χ4n) is 0.314. The predicted octanol–water partition coefficient (Wildman–Crippen LogP) is 1.83. The van der Waals surface area contributed by atoms with Crippen molar-refractivity contribution in [2.75, 3.05) is 0 Å². The van der Waals surface area contributed by atoms with Gasteiger partial charge in [0, 0.05) is 6.04 Å². The molecule has 0 radical (unpaired) electrons. The second-order valence-electron chi connectivity index (χ2n) is 1.80. The maximum atomic E-state index is 10.7. The molecule has 0 aromatic rings. The Morgan fingerprint density at radius 1 is 1.67 bits per heavy atom. The van der Waals surface area contributed by atoms with Crippen molar-refractivity contribution in [3.63, 3.8) is 0 Å². The molecule has 0 saturated carbocycles. The van der Waals surface area contributed by atoms with Crippen LogP contribution in [0.25, 0.3) is 0 Å². The van der Waals surface area contributed by atoms with Crippen LogP contribution in [0, 0.1) is 0 Å². The Labute approximate surface area is 65.7 Å². The van der Waals surface area contributed by atoms with Crippen molar-refractivity contribution >= 4 is 35.4 Å². The molecular formula is C5H8Cl2OSi. The van der Waals surface area contributed by atoms with Gasteiger partial charge in [-0.15, -0.1) is 22.2 Å². The second kappa shape index (κ2) is 4.09. The Bertz CT molecular complexity index is 133. The lowest BCUT2D eigenvalue weighted by atomic mass is 10.2. The Morgan fingerprint density at radius 2 is 2.11 bits per heavy atom. The summed E-state index contributed by atoms with van der Waals surface area (Å²) in [6, 6.07) is 0.304. The van der Waals surface area contributed by atoms with Crippen LogP contribution in [0.15, 0.2) is 12.2 Å². The van der Waals surface area contributed by atoms with Gasteiger partial charge in [-0.1, -0.05) is 6.58 Å². The van der Waals surface area contributed by atoms with E-state index in [0.717, 1.165) is 0 Å². The summed E-state index contributed by atoms with van der Waals surface area (Å²) in [6.07, 6.45) is 0. The highest BCUT2D eigenvalue weighted by Crippen LogP contribution is 2.06. The molecule has 0 rings (SSSR count). The van der Waals surface area contributed by atoms with Gasteiger partial charge in [0.2, 0.25) is 7.42 Å². The Hall–Kier alpha value is 0.207. The molecule has 0 aromatic heterocycles. The fourth-order valence-corrected chi connectivity index (χ4v) is 1.78. The topological polar surface area (TPSA) is 17.1 Å². The quantitative estimate of drug-likeness (QED) is 0.370. The van der Waals surface area contributed by atoms with Gasteiger partial charge in [0.25, 0.3) is 0 Å². The van der Waals surface area contributed by atoms with Gasteiger partial charge in [-0.25, -0.2) is 0 Å². The third-order valence-corrected chi connectivity index (χ3v) is 2.42. The van der Waals surface area contributed by atoms with Gasteiger partial charge in [0.15, 0.2) is 5.78 Å². The van der Waals surface area contributed by atoms with Gasteiger partial charge < -0.3 is 0 Å². The zero-order valence-corrected chi connectivity index (χ0v) is 7.82. The highest BCUT2D eigenvalue weighted by molar-refractivity contribution is 7.34. The first-order chi connectivity index (χ1) is 4.04. The van der Waals surface area contributed by atoms with Crippen LogP contribution < -0.4 is 0 Å². The third-order valence-electron chi connectivity index (χ3n) is 0.816. The lowest BCUT2D eigenvalue weighted by Gasteiger charge is -1.95. The standard InChI is InChI=1S/C5H8Cl2OSi/c1-4(2)5(8)3-9(6)7/h9H,1,3H2,2H3. The minimum Gasteiger partial charge on any atom is -0.295 e. The molecule has 0 aliphatic carbocycles. The number of carbonyl (C=O) groups excluding carboxylic acids is 1. The molecule has 1 nitrogen and oxygen atoms in total. The lowest BCUT2D eigenvalue weighted by Crippen LogP contribution is -2.04. The molecule has 52 valence electrons. The van der Waals surface area contributed by atoms with Crippen LogP contribution in [-0.2, 0) is 4.79 Å². The molecule has 4 heteroatoms. The Balaban J connectivity index is 3.65. The second-order valence-corrected chi connectivity index (χ2v) is 6.82. The zero-order valence-electron chi connectivity index (χ0n) is 5.16. The van der Waals surface area contributed by atoms with E-state index >= 15 is 0 Å². The van der Waals surface area contributed by atoms with Crippen LogP contribution >= 0.6 is 22.2 Å². The summed E-state index contributed by atoms with van der Waals surface area (Å²) in [7, 11) is -1.75. The molecule has 0 aromatic carbocycles. The van der Waals surface area contributed by atoms with E-state index in [0.29, 0.717) is 11.6 Å². The van der Waals surface area contributed by atoms with Crippen molar-refractivity contribution in [3.8, 4) is 0 Å². The smallest absolute Gasteiger partial charge is 0.244 e. The molecular weight excluding hydrogens is 175 g/mol. The molecule has 0 spiro atoms. The van der Waals surface area contributed by atoms with Gasteiger partial charge in [0.1, 0.15) is 0 Å². The van der Waals surface area contributed by atoms with Crippen molar-refractivity contribution in [3.05, 3.63) is 12.2 Å². The van der Waals surface area contributed by atoms with Gasteiger partial charge in [-0.2, -0.15) is 0 Å². The highest BCUT2D eigenvalue weighted by Gasteiger charge is 2.09. The average Bonchev–Trinajstić information content (AvgIpc) is 1.63. The summed E-state index contributed by atoms with van der Waals surface area (Å²) in [4.78, 5) is 10.7. The number of allylic oxidation sites excluding steroid dienone is 1. The number of rotatable bonds is 3. The number of hydrogen-bond acceptors (Lipinski definition) is 1. The first kappa shape index (κ1) is 9.21. The maximum Gasteiger partial charge on any atom is 0.244 e. The summed E-state index contributed by atoms with van der Waals surface area (Å²) < 4.78 is 0. The van der Waals surface area contributed by atoms with Crippen LogP contribution in [-0.4, -0.2) is 13.2 Å².